The van der Waals surface area contributed by atoms with Crippen molar-refractivity contribution in [2.75, 3.05) is 13.2 Å². The largest absolute Gasteiger partial charge is 0.490 e. The van der Waals surface area contributed by atoms with Crippen molar-refractivity contribution in [1.82, 2.24) is 0 Å². The number of para-hydroxylation sites is 2. The van der Waals surface area contributed by atoms with Gasteiger partial charge in [-0.1, -0.05) is 30.3 Å². The molecule has 0 aromatic heterocycles. The summed E-state index contributed by atoms with van der Waals surface area (Å²) in [6, 6.07) is 14.3. The Morgan fingerprint density at radius 3 is 2.43 bits per heavy atom. The Labute approximate surface area is 124 Å². The predicted octanol–water partition coefficient (Wildman–Crippen LogP) is 3.17. The molecule has 2 rings (SSSR count). The van der Waals surface area contributed by atoms with E-state index in [9.17, 15) is 4.39 Å². The van der Waals surface area contributed by atoms with E-state index in [1.165, 1.54) is 6.07 Å². The number of halogens is 1. The van der Waals surface area contributed by atoms with E-state index in [1.807, 2.05) is 43.3 Å². The van der Waals surface area contributed by atoms with Crippen LogP contribution in [0.4, 0.5) is 4.39 Å². The zero-order valence-corrected chi connectivity index (χ0v) is 12.1. The molecule has 0 heterocycles. The zero-order valence-electron chi connectivity index (χ0n) is 12.1. The van der Waals surface area contributed by atoms with Crippen LogP contribution in [-0.2, 0) is 6.42 Å². The van der Waals surface area contributed by atoms with E-state index >= 15 is 0 Å². The molecule has 0 amide bonds. The van der Waals surface area contributed by atoms with Crippen molar-refractivity contribution in [2.24, 2.45) is 5.73 Å². The van der Waals surface area contributed by atoms with Gasteiger partial charge in [0.05, 0.1) is 0 Å². The Kier molecular flexibility index (Phi) is 5.58. The van der Waals surface area contributed by atoms with Crippen molar-refractivity contribution in [2.45, 2.75) is 19.4 Å². The number of hydrogen-bond acceptors (Lipinski definition) is 3. The fourth-order valence-corrected chi connectivity index (χ4v) is 2.04. The number of ether oxygens (including phenoxy) is 2. The molecule has 0 spiro atoms. The normalized spacial score (nSPS) is 12.0. The minimum Gasteiger partial charge on any atom is -0.490 e. The van der Waals surface area contributed by atoms with Crippen molar-refractivity contribution < 1.29 is 13.9 Å². The van der Waals surface area contributed by atoms with Crippen LogP contribution in [0.25, 0.3) is 0 Å². The second-order valence-electron chi connectivity index (χ2n) is 4.92. The van der Waals surface area contributed by atoms with E-state index in [2.05, 4.69) is 0 Å². The van der Waals surface area contributed by atoms with E-state index in [4.69, 9.17) is 15.2 Å². The van der Waals surface area contributed by atoms with Crippen LogP contribution in [0, 0.1) is 5.82 Å². The first-order valence-corrected chi connectivity index (χ1v) is 7.00. The third kappa shape index (κ3) is 4.76. The molecule has 112 valence electrons. The van der Waals surface area contributed by atoms with Crippen molar-refractivity contribution >= 4 is 0 Å². The molecule has 2 aromatic carbocycles. The van der Waals surface area contributed by atoms with Gasteiger partial charge in [-0.2, -0.15) is 0 Å². The maximum Gasteiger partial charge on any atom is 0.165 e. The first kappa shape index (κ1) is 15.3. The summed E-state index contributed by atoms with van der Waals surface area (Å²) in [5.41, 5.74) is 6.55. The van der Waals surface area contributed by atoms with Crippen LogP contribution in [0.3, 0.4) is 0 Å². The smallest absolute Gasteiger partial charge is 0.165 e. The molecule has 2 N–H and O–H groups in total. The van der Waals surface area contributed by atoms with Gasteiger partial charge in [0.25, 0.3) is 0 Å². The Morgan fingerprint density at radius 1 is 1.00 bits per heavy atom. The zero-order chi connectivity index (χ0) is 15.1. The summed E-state index contributed by atoms with van der Waals surface area (Å²) in [6.07, 6.45) is 0.576. The van der Waals surface area contributed by atoms with E-state index in [-0.39, 0.29) is 24.2 Å². The van der Waals surface area contributed by atoms with E-state index in [0.29, 0.717) is 13.0 Å². The monoisotopic (exact) mass is 289 g/mol. The number of nitrogens with two attached hydrogens (primary N) is 1. The molecular weight excluding hydrogens is 269 g/mol. The lowest BCUT2D eigenvalue weighted by Crippen LogP contribution is -2.19. The molecule has 4 heteroatoms. The second-order valence-corrected chi connectivity index (χ2v) is 4.92. The lowest BCUT2D eigenvalue weighted by molar-refractivity contribution is 0.210. The first-order valence-electron chi connectivity index (χ1n) is 7.00. The van der Waals surface area contributed by atoms with Crippen LogP contribution >= 0.6 is 0 Å². The van der Waals surface area contributed by atoms with Gasteiger partial charge in [-0.3, -0.25) is 0 Å². The topological polar surface area (TPSA) is 44.5 Å². The molecule has 0 aliphatic rings. The second kappa shape index (κ2) is 7.64. The summed E-state index contributed by atoms with van der Waals surface area (Å²) in [5.74, 6) is 0.671. The fourth-order valence-electron chi connectivity index (χ4n) is 2.04. The Bertz CT molecular complexity index is 558. The molecule has 3 nitrogen and oxygen atoms in total. The summed E-state index contributed by atoms with van der Waals surface area (Å²) in [4.78, 5) is 0. The van der Waals surface area contributed by atoms with Crippen LogP contribution in [0.2, 0.25) is 0 Å². The molecule has 1 atom stereocenters. The highest BCUT2D eigenvalue weighted by Gasteiger charge is 2.11. The molecule has 0 bridgehead atoms. The van der Waals surface area contributed by atoms with Crippen LogP contribution in [0.5, 0.6) is 11.5 Å². The SMILES string of the molecule is CC(N)Cc1cccc(F)c1OCCOc1ccccc1. The predicted molar refractivity (Wildman–Crippen MR) is 81.2 cm³/mol. The molecule has 0 saturated carbocycles. The Morgan fingerprint density at radius 2 is 1.71 bits per heavy atom. The lowest BCUT2D eigenvalue weighted by Gasteiger charge is -2.14. The van der Waals surface area contributed by atoms with Gasteiger partial charge in [0.1, 0.15) is 19.0 Å². The van der Waals surface area contributed by atoms with E-state index in [1.54, 1.807) is 6.07 Å². The van der Waals surface area contributed by atoms with Gasteiger partial charge in [-0.25, -0.2) is 4.39 Å². The maximum atomic E-state index is 13.8. The van der Waals surface area contributed by atoms with Gasteiger partial charge in [-0.05, 0) is 37.1 Å². The van der Waals surface area contributed by atoms with Gasteiger partial charge in [0, 0.05) is 6.04 Å². The van der Waals surface area contributed by atoms with Crippen LogP contribution in [0.1, 0.15) is 12.5 Å². The first-order chi connectivity index (χ1) is 10.2. The highest BCUT2D eigenvalue weighted by atomic mass is 19.1. The third-order valence-corrected chi connectivity index (χ3v) is 2.93. The highest BCUT2D eigenvalue weighted by Crippen LogP contribution is 2.23. The molecule has 0 aliphatic carbocycles. The summed E-state index contributed by atoms with van der Waals surface area (Å²) in [5, 5.41) is 0. The van der Waals surface area contributed by atoms with Gasteiger partial charge < -0.3 is 15.2 Å². The van der Waals surface area contributed by atoms with E-state index in [0.717, 1.165) is 11.3 Å². The quantitative estimate of drug-likeness (QED) is 0.796. The maximum absolute atomic E-state index is 13.8. The number of benzene rings is 2. The number of hydrogen-bond donors (Lipinski definition) is 1. The Hall–Kier alpha value is -2.07. The molecule has 2 aromatic rings. The molecule has 0 saturated heterocycles. The molecular formula is C17H20FNO2. The third-order valence-electron chi connectivity index (χ3n) is 2.93. The summed E-state index contributed by atoms with van der Waals surface area (Å²) in [7, 11) is 0. The molecule has 1 unspecified atom stereocenters. The van der Waals surface area contributed by atoms with E-state index < -0.39 is 0 Å². The Balaban J connectivity index is 1.90. The van der Waals surface area contributed by atoms with Crippen LogP contribution in [-0.4, -0.2) is 19.3 Å². The molecule has 0 radical (unpaired) electrons. The van der Waals surface area contributed by atoms with Crippen molar-refractivity contribution in [3.8, 4) is 11.5 Å². The van der Waals surface area contributed by atoms with Gasteiger partial charge in [0.2, 0.25) is 0 Å². The van der Waals surface area contributed by atoms with Gasteiger partial charge in [-0.15, -0.1) is 0 Å². The lowest BCUT2D eigenvalue weighted by atomic mass is 10.1. The minimum absolute atomic E-state index is 0.0466. The average molecular weight is 289 g/mol. The summed E-state index contributed by atoms with van der Waals surface area (Å²) >= 11 is 0. The average Bonchev–Trinajstić information content (AvgIpc) is 2.46. The summed E-state index contributed by atoms with van der Waals surface area (Å²) in [6.45, 7) is 2.52. The summed E-state index contributed by atoms with van der Waals surface area (Å²) < 4.78 is 24.9. The van der Waals surface area contributed by atoms with Gasteiger partial charge >= 0.3 is 0 Å². The van der Waals surface area contributed by atoms with Crippen LogP contribution < -0.4 is 15.2 Å². The fraction of sp³-hybridized carbons (Fsp3) is 0.294. The van der Waals surface area contributed by atoms with Crippen LogP contribution in [0.15, 0.2) is 48.5 Å². The van der Waals surface area contributed by atoms with Crippen molar-refractivity contribution in [3.05, 3.63) is 59.9 Å². The van der Waals surface area contributed by atoms with Crippen molar-refractivity contribution in [1.29, 1.82) is 0 Å². The number of rotatable bonds is 7. The molecule has 21 heavy (non-hydrogen) atoms. The minimum atomic E-state index is -0.368. The standard InChI is InChI=1S/C17H20FNO2/c1-13(19)12-14-6-5-9-16(18)17(14)21-11-10-20-15-7-3-2-4-8-15/h2-9,13H,10-12,19H2,1H3. The molecule has 0 aliphatic heterocycles. The molecule has 0 fully saturated rings. The van der Waals surface area contributed by atoms with Crippen molar-refractivity contribution in [3.63, 3.8) is 0 Å². The van der Waals surface area contributed by atoms with Gasteiger partial charge in [0.15, 0.2) is 11.6 Å². The highest BCUT2D eigenvalue weighted by molar-refractivity contribution is 5.35.